The first-order valence-electron chi connectivity index (χ1n) is 7.25. The number of hydrogen-bond acceptors (Lipinski definition) is 3. The van der Waals surface area contributed by atoms with E-state index in [0.29, 0.717) is 5.41 Å². The maximum atomic E-state index is 5.52. The summed E-state index contributed by atoms with van der Waals surface area (Å²) in [6, 6.07) is 0. The van der Waals surface area contributed by atoms with Gasteiger partial charge in [-0.3, -0.25) is 4.98 Å². The SMILES string of the molecule is CNCC1(Cc2ncc(C)c(OC)c2C)CCCC1. The van der Waals surface area contributed by atoms with Gasteiger partial charge in [0.15, 0.2) is 0 Å². The van der Waals surface area contributed by atoms with Crippen molar-refractivity contribution in [2.24, 2.45) is 5.41 Å². The highest BCUT2D eigenvalue weighted by Gasteiger charge is 2.34. The van der Waals surface area contributed by atoms with Gasteiger partial charge >= 0.3 is 0 Å². The Bertz CT molecular complexity index is 437. The number of aryl methyl sites for hydroxylation is 1. The van der Waals surface area contributed by atoms with E-state index in [1.807, 2.05) is 6.20 Å². The van der Waals surface area contributed by atoms with Crippen molar-refractivity contribution in [3.63, 3.8) is 0 Å². The van der Waals surface area contributed by atoms with Crippen LogP contribution in [0.15, 0.2) is 6.20 Å². The van der Waals surface area contributed by atoms with Crippen molar-refractivity contribution in [2.75, 3.05) is 20.7 Å². The topological polar surface area (TPSA) is 34.2 Å². The molecule has 0 saturated heterocycles. The largest absolute Gasteiger partial charge is 0.496 e. The Kier molecular flexibility index (Phi) is 4.46. The highest BCUT2D eigenvalue weighted by molar-refractivity contribution is 5.41. The molecular formula is C16H26N2O. The molecule has 0 radical (unpaired) electrons. The second-order valence-electron chi connectivity index (χ2n) is 5.96. The Morgan fingerprint density at radius 2 is 2.00 bits per heavy atom. The molecule has 1 aliphatic rings. The molecule has 0 unspecified atom stereocenters. The van der Waals surface area contributed by atoms with Gasteiger partial charge in [0.1, 0.15) is 5.75 Å². The molecule has 0 atom stereocenters. The van der Waals surface area contributed by atoms with E-state index >= 15 is 0 Å². The minimum atomic E-state index is 0.396. The summed E-state index contributed by atoms with van der Waals surface area (Å²) in [7, 11) is 3.80. The second-order valence-corrected chi connectivity index (χ2v) is 5.96. The number of nitrogens with zero attached hydrogens (tertiary/aromatic N) is 1. The molecule has 0 bridgehead atoms. The fourth-order valence-electron chi connectivity index (χ4n) is 3.52. The standard InChI is InChI=1S/C16H26N2O/c1-12-10-18-14(13(2)15(12)19-4)9-16(11-17-3)7-5-6-8-16/h10,17H,5-9,11H2,1-4H3. The van der Waals surface area contributed by atoms with Crippen LogP contribution in [-0.2, 0) is 6.42 Å². The highest BCUT2D eigenvalue weighted by atomic mass is 16.5. The molecule has 0 spiro atoms. The molecule has 3 heteroatoms. The average molecular weight is 262 g/mol. The summed E-state index contributed by atoms with van der Waals surface area (Å²) in [5.74, 6) is 1.00. The Balaban J connectivity index is 2.27. The summed E-state index contributed by atoms with van der Waals surface area (Å²) in [6.07, 6.45) is 8.34. The molecule has 3 nitrogen and oxygen atoms in total. The van der Waals surface area contributed by atoms with Gasteiger partial charge in [-0.25, -0.2) is 0 Å². The van der Waals surface area contributed by atoms with Gasteiger partial charge in [0.25, 0.3) is 0 Å². The van der Waals surface area contributed by atoms with Crippen LogP contribution in [0.25, 0.3) is 0 Å². The lowest BCUT2D eigenvalue weighted by Crippen LogP contribution is -2.32. The van der Waals surface area contributed by atoms with Crippen molar-refractivity contribution in [1.29, 1.82) is 0 Å². The third kappa shape index (κ3) is 2.92. The Labute approximate surface area is 116 Å². The van der Waals surface area contributed by atoms with Gasteiger partial charge in [-0.05, 0) is 45.6 Å². The van der Waals surface area contributed by atoms with Crippen LogP contribution in [-0.4, -0.2) is 25.7 Å². The lowest BCUT2D eigenvalue weighted by atomic mass is 9.80. The van der Waals surface area contributed by atoms with Crippen LogP contribution in [0.3, 0.4) is 0 Å². The fraction of sp³-hybridized carbons (Fsp3) is 0.688. The van der Waals surface area contributed by atoms with Gasteiger partial charge in [0.05, 0.1) is 7.11 Å². The van der Waals surface area contributed by atoms with Crippen molar-refractivity contribution < 1.29 is 4.74 Å². The number of nitrogens with one attached hydrogen (secondary N) is 1. The van der Waals surface area contributed by atoms with Crippen molar-refractivity contribution in [3.05, 3.63) is 23.0 Å². The summed E-state index contributed by atoms with van der Waals surface area (Å²) >= 11 is 0. The predicted molar refractivity (Wildman–Crippen MR) is 78.8 cm³/mol. The van der Waals surface area contributed by atoms with Gasteiger partial charge < -0.3 is 10.1 Å². The zero-order valence-corrected chi connectivity index (χ0v) is 12.7. The molecule has 1 heterocycles. The fourth-order valence-corrected chi connectivity index (χ4v) is 3.52. The van der Waals surface area contributed by atoms with Gasteiger partial charge in [-0.15, -0.1) is 0 Å². The number of pyridine rings is 1. The van der Waals surface area contributed by atoms with Crippen LogP contribution in [0.2, 0.25) is 0 Å². The second kappa shape index (κ2) is 5.91. The van der Waals surface area contributed by atoms with E-state index in [9.17, 15) is 0 Å². The van der Waals surface area contributed by atoms with Gasteiger partial charge in [-0.1, -0.05) is 12.8 Å². The molecule has 106 valence electrons. The zero-order chi connectivity index (χ0) is 13.9. The molecule has 1 aliphatic carbocycles. The number of hydrogen-bond donors (Lipinski definition) is 1. The molecule has 19 heavy (non-hydrogen) atoms. The van der Waals surface area contributed by atoms with Crippen LogP contribution < -0.4 is 10.1 Å². The Morgan fingerprint density at radius 1 is 1.32 bits per heavy atom. The van der Waals surface area contributed by atoms with Gasteiger partial charge in [0.2, 0.25) is 0 Å². The maximum Gasteiger partial charge on any atom is 0.128 e. The van der Waals surface area contributed by atoms with Gasteiger partial charge in [-0.2, -0.15) is 0 Å². The first kappa shape index (κ1) is 14.3. The van der Waals surface area contributed by atoms with E-state index < -0.39 is 0 Å². The van der Waals surface area contributed by atoms with Crippen molar-refractivity contribution in [1.82, 2.24) is 10.3 Å². The Hall–Kier alpha value is -1.09. The van der Waals surface area contributed by atoms with E-state index in [0.717, 1.165) is 24.3 Å². The van der Waals surface area contributed by atoms with Crippen LogP contribution in [0.5, 0.6) is 5.75 Å². The van der Waals surface area contributed by atoms with Crippen molar-refractivity contribution in [2.45, 2.75) is 46.0 Å². The minimum absolute atomic E-state index is 0.396. The molecule has 1 N–H and O–H groups in total. The maximum absolute atomic E-state index is 5.52. The first-order valence-corrected chi connectivity index (χ1v) is 7.25. The van der Waals surface area contributed by atoms with E-state index in [2.05, 4.69) is 31.2 Å². The molecule has 1 saturated carbocycles. The molecular weight excluding hydrogens is 236 g/mol. The molecule has 2 rings (SSSR count). The van der Waals surface area contributed by atoms with Crippen LogP contribution in [0.1, 0.15) is 42.5 Å². The average Bonchev–Trinajstić information content (AvgIpc) is 2.83. The zero-order valence-electron chi connectivity index (χ0n) is 12.7. The smallest absolute Gasteiger partial charge is 0.128 e. The molecule has 0 amide bonds. The minimum Gasteiger partial charge on any atom is -0.496 e. The summed E-state index contributed by atoms with van der Waals surface area (Å²) in [6.45, 7) is 5.28. The Morgan fingerprint density at radius 3 is 2.58 bits per heavy atom. The third-order valence-corrected chi connectivity index (χ3v) is 4.51. The van der Waals surface area contributed by atoms with Crippen LogP contribution in [0, 0.1) is 19.3 Å². The molecule has 1 aromatic heterocycles. The molecule has 0 aromatic carbocycles. The number of ether oxygens (including phenoxy) is 1. The first-order chi connectivity index (χ1) is 9.12. The predicted octanol–water partition coefficient (Wildman–Crippen LogP) is 3.03. The van der Waals surface area contributed by atoms with Crippen molar-refractivity contribution in [3.8, 4) is 5.75 Å². The highest BCUT2D eigenvalue weighted by Crippen LogP contribution is 2.41. The number of aromatic nitrogens is 1. The molecule has 0 aliphatic heterocycles. The summed E-state index contributed by atoms with van der Waals surface area (Å²) < 4.78 is 5.52. The van der Waals surface area contributed by atoms with Crippen molar-refractivity contribution >= 4 is 0 Å². The van der Waals surface area contributed by atoms with Crippen LogP contribution >= 0.6 is 0 Å². The molecule has 1 aromatic rings. The third-order valence-electron chi connectivity index (χ3n) is 4.51. The van der Waals surface area contributed by atoms with E-state index in [1.54, 1.807) is 7.11 Å². The molecule has 1 fully saturated rings. The normalized spacial score (nSPS) is 17.7. The van der Waals surface area contributed by atoms with Crippen LogP contribution in [0.4, 0.5) is 0 Å². The van der Waals surface area contributed by atoms with E-state index in [4.69, 9.17) is 4.74 Å². The summed E-state index contributed by atoms with van der Waals surface area (Å²) in [5.41, 5.74) is 3.94. The lowest BCUT2D eigenvalue weighted by molar-refractivity contribution is 0.281. The number of methoxy groups -OCH3 is 1. The van der Waals surface area contributed by atoms with E-state index in [-0.39, 0.29) is 0 Å². The lowest BCUT2D eigenvalue weighted by Gasteiger charge is -2.29. The summed E-state index contributed by atoms with van der Waals surface area (Å²) in [4.78, 5) is 4.67. The van der Waals surface area contributed by atoms with Gasteiger partial charge in [0, 0.05) is 29.6 Å². The van der Waals surface area contributed by atoms with E-state index in [1.165, 1.54) is 36.9 Å². The quantitative estimate of drug-likeness (QED) is 0.885. The monoisotopic (exact) mass is 262 g/mol. The summed E-state index contributed by atoms with van der Waals surface area (Å²) in [5, 5.41) is 3.37. The number of rotatable bonds is 5.